The van der Waals surface area contributed by atoms with Crippen LogP contribution < -0.4 is 5.32 Å². The van der Waals surface area contributed by atoms with Crippen molar-refractivity contribution in [2.75, 3.05) is 6.54 Å². The normalized spacial score (nSPS) is 11.1. The van der Waals surface area contributed by atoms with E-state index in [-0.39, 0.29) is 0 Å². The molecule has 0 aliphatic heterocycles. The summed E-state index contributed by atoms with van der Waals surface area (Å²) in [5.41, 5.74) is 0.936. The van der Waals surface area contributed by atoms with E-state index < -0.39 is 0 Å². The highest BCUT2D eigenvalue weighted by Crippen LogP contribution is 2.10. The lowest BCUT2D eigenvalue weighted by Crippen LogP contribution is -2.20. The van der Waals surface area contributed by atoms with Crippen LogP contribution in [0.2, 0.25) is 0 Å². The van der Waals surface area contributed by atoms with Gasteiger partial charge < -0.3 is 5.32 Å². The van der Waals surface area contributed by atoms with Gasteiger partial charge in [0.25, 0.3) is 0 Å². The third-order valence-corrected chi connectivity index (χ3v) is 2.76. The van der Waals surface area contributed by atoms with Crippen LogP contribution in [0.5, 0.6) is 0 Å². The van der Waals surface area contributed by atoms with E-state index in [1.165, 1.54) is 0 Å². The van der Waals surface area contributed by atoms with Gasteiger partial charge in [0.2, 0.25) is 0 Å². The molecule has 0 unspecified atom stereocenters. The van der Waals surface area contributed by atoms with Gasteiger partial charge in [0.1, 0.15) is 0 Å². The quantitative estimate of drug-likeness (QED) is 0.919. The van der Waals surface area contributed by atoms with Crippen LogP contribution in [0.15, 0.2) is 29.0 Å². The molecule has 18 heavy (non-hydrogen) atoms. The minimum Gasteiger partial charge on any atom is -0.311 e. The fraction of sp³-hybridized carbons (Fsp3) is 0.417. The maximum Gasteiger partial charge on any atom is 0.175 e. The van der Waals surface area contributed by atoms with Crippen molar-refractivity contribution in [1.82, 2.24) is 25.3 Å². The Hall–Kier alpha value is -1.27. The minimum absolute atomic E-state index is 0.638. The molecule has 0 bridgehead atoms. The lowest BCUT2D eigenvalue weighted by atomic mass is 10.2. The largest absolute Gasteiger partial charge is 0.311 e. The smallest absolute Gasteiger partial charge is 0.175 e. The maximum absolute atomic E-state index is 4.17. The predicted octanol–water partition coefficient (Wildman–Crippen LogP) is 2.17. The Morgan fingerprint density at radius 1 is 1.33 bits per heavy atom. The lowest BCUT2D eigenvalue weighted by molar-refractivity contribution is 0.545. The van der Waals surface area contributed by atoms with Crippen molar-refractivity contribution in [3.05, 3.63) is 34.7 Å². The summed E-state index contributed by atoms with van der Waals surface area (Å²) in [5.74, 6) is 1.35. The molecule has 2 rings (SSSR count). The summed E-state index contributed by atoms with van der Waals surface area (Å²) in [6, 6.07) is 3.88. The van der Waals surface area contributed by atoms with Gasteiger partial charge >= 0.3 is 0 Å². The Morgan fingerprint density at radius 3 is 2.72 bits per heavy atom. The second-order valence-electron chi connectivity index (χ2n) is 4.51. The van der Waals surface area contributed by atoms with Crippen LogP contribution >= 0.6 is 15.9 Å². The zero-order valence-corrected chi connectivity index (χ0v) is 12.1. The number of halogens is 1. The molecule has 96 valence electrons. The molecule has 0 aromatic carbocycles. The van der Waals surface area contributed by atoms with Crippen LogP contribution in [-0.4, -0.2) is 26.5 Å². The van der Waals surface area contributed by atoms with Crippen molar-refractivity contribution in [2.45, 2.75) is 20.4 Å². The van der Waals surface area contributed by atoms with Gasteiger partial charge in [0, 0.05) is 12.7 Å². The predicted molar refractivity (Wildman–Crippen MR) is 73.4 cm³/mol. The molecule has 0 saturated carbocycles. The highest BCUT2D eigenvalue weighted by Gasteiger charge is 2.02. The molecule has 0 radical (unpaired) electrons. The number of hydrogen-bond acceptors (Lipinski definition) is 4. The van der Waals surface area contributed by atoms with Gasteiger partial charge in [-0.3, -0.25) is 0 Å². The van der Waals surface area contributed by atoms with Crippen molar-refractivity contribution in [2.24, 2.45) is 5.92 Å². The van der Waals surface area contributed by atoms with Crippen molar-refractivity contribution >= 4 is 15.9 Å². The van der Waals surface area contributed by atoms with E-state index in [9.17, 15) is 0 Å². The molecule has 1 N–H and O–H groups in total. The van der Waals surface area contributed by atoms with Gasteiger partial charge in [-0.2, -0.15) is 10.2 Å². The second kappa shape index (κ2) is 6.06. The van der Waals surface area contributed by atoms with Gasteiger partial charge in [-0.1, -0.05) is 13.8 Å². The second-order valence-corrected chi connectivity index (χ2v) is 5.43. The van der Waals surface area contributed by atoms with Crippen molar-refractivity contribution in [1.29, 1.82) is 0 Å². The molecule has 5 nitrogen and oxygen atoms in total. The van der Waals surface area contributed by atoms with Crippen LogP contribution in [0.3, 0.4) is 0 Å². The molecule has 0 fully saturated rings. The first-order valence-corrected chi connectivity index (χ1v) is 6.68. The average molecular weight is 310 g/mol. The van der Waals surface area contributed by atoms with Gasteiger partial charge in [-0.15, -0.1) is 5.10 Å². The average Bonchev–Trinajstić information content (AvgIpc) is 2.76. The Balaban J connectivity index is 1.97. The van der Waals surface area contributed by atoms with E-state index in [0.29, 0.717) is 11.7 Å². The van der Waals surface area contributed by atoms with Crippen molar-refractivity contribution < 1.29 is 0 Å². The Morgan fingerprint density at radius 2 is 2.17 bits per heavy atom. The molecule has 0 spiro atoms. The van der Waals surface area contributed by atoms with E-state index in [1.54, 1.807) is 10.9 Å². The van der Waals surface area contributed by atoms with Crippen molar-refractivity contribution in [3.8, 4) is 5.82 Å². The highest BCUT2D eigenvalue weighted by molar-refractivity contribution is 9.10. The fourth-order valence-corrected chi connectivity index (χ4v) is 1.77. The van der Waals surface area contributed by atoms with E-state index in [0.717, 1.165) is 23.3 Å². The third-order valence-electron chi connectivity index (χ3n) is 2.35. The van der Waals surface area contributed by atoms with E-state index in [2.05, 4.69) is 50.4 Å². The number of nitrogens with one attached hydrogen (secondary N) is 1. The standard InChI is InChI=1S/C12H16BrN5/c1-9(2)5-14-7-11-3-4-12(17-16-11)18-8-10(13)6-15-18/h3-4,6,8-9,14H,5,7H2,1-2H3. The number of hydrogen-bond donors (Lipinski definition) is 1. The van der Waals surface area contributed by atoms with Gasteiger partial charge in [-0.05, 0) is 40.5 Å². The van der Waals surface area contributed by atoms with Gasteiger partial charge in [-0.25, -0.2) is 4.68 Å². The first-order chi connectivity index (χ1) is 8.65. The molecule has 6 heteroatoms. The topological polar surface area (TPSA) is 55.6 Å². The zero-order chi connectivity index (χ0) is 13.0. The van der Waals surface area contributed by atoms with E-state index >= 15 is 0 Å². The SMILES string of the molecule is CC(C)CNCc1ccc(-n2cc(Br)cn2)nn1. The molecule has 2 heterocycles. The highest BCUT2D eigenvalue weighted by atomic mass is 79.9. The van der Waals surface area contributed by atoms with Crippen LogP contribution in [0, 0.1) is 5.92 Å². The van der Waals surface area contributed by atoms with Gasteiger partial charge in [0.05, 0.1) is 16.4 Å². The summed E-state index contributed by atoms with van der Waals surface area (Å²) >= 11 is 3.35. The van der Waals surface area contributed by atoms with E-state index in [4.69, 9.17) is 0 Å². The first kappa shape index (κ1) is 13.2. The van der Waals surface area contributed by atoms with Crippen LogP contribution in [0.1, 0.15) is 19.5 Å². The van der Waals surface area contributed by atoms with Crippen molar-refractivity contribution in [3.63, 3.8) is 0 Å². The van der Waals surface area contributed by atoms with Crippen LogP contribution in [-0.2, 0) is 6.54 Å². The minimum atomic E-state index is 0.638. The first-order valence-electron chi connectivity index (χ1n) is 5.89. The van der Waals surface area contributed by atoms with Gasteiger partial charge in [0.15, 0.2) is 5.82 Å². The molecule has 0 aliphatic carbocycles. The van der Waals surface area contributed by atoms with Crippen LogP contribution in [0.25, 0.3) is 5.82 Å². The number of nitrogens with zero attached hydrogens (tertiary/aromatic N) is 4. The summed E-state index contributed by atoms with van der Waals surface area (Å²) in [4.78, 5) is 0. The monoisotopic (exact) mass is 309 g/mol. The molecule has 2 aromatic heterocycles. The molecule has 2 aromatic rings. The Bertz CT molecular complexity index is 491. The summed E-state index contributed by atoms with van der Waals surface area (Å²) in [5, 5.41) is 15.8. The van der Waals surface area contributed by atoms with Crippen LogP contribution in [0.4, 0.5) is 0 Å². The molecule has 0 amide bonds. The molecular weight excluding hydrogens is 294 g/mol. The molecule has 0 saturated heterocycles. The summed E-state index contributed by atoms with van der Waals surface area (Å²) in [7, 11) is 0. The summed E-state index contributed by atoms with van der Waals surface area (Å²) in [6.07, 6.45) is 3.57. The zero-order valence-electron chi connectivity index (χ0n) is 10.5. The van der Waals surface area contributed by atoms with E-state index in [1.807, 2.05) is 18.3 Å². The summed E-state index contributed by atoms with van der Waals surface area (Å²) < 4.78 is 2.61. The number of rotatable bonds is 5. The third kappa shape index (κ3) is 3.61. The number of aromatic nitrogens is 4. The molecule has 0 atom stereocenters. The summed E-state index contributed by atoms with van der Waals surface area (Å²) in [6.45, 7) is 6.08. The molecular formula is C12H16BrN5. The maximum atomic E-state index is 4.17. The Kier molecular flexibility index (Phi) is 4.43. The lowest BCUT2D eigenvalue weighted by Gasteiger charge is -2.06. The fourth-order valence-electron chi connectivity index (χ4n) is 1.48. The Labute approximate surface area is 115 Å². The molecule has 0 aliphatic rings.